The molecule has 0 radical (unpaired) electrons. The summed E-state index contributed by atoms with van der Waals surface area (Å²) < 4.78 is 0. The van der Waals surface area contributed by atoms with E-state index >= 15 is 14.4 Å². The number of hydrogen-bond donors (Lipinski definition) is 4. The van der Waals surface area contributed by atoms with Gasteiger partial charge in [-0.15, -0.1) is 0 Å². The highest BCUT2D eigenvalue weighted by molar-refractivity contribution is 6.22. The first-order valence-corrected chi connectivity index (χ1v) is 22.2. The van der Waals surface area contributed by atoms with E-state index in [0.717, 1.165) is 44.5 Å². The first kappa shape index (κ1) is 44.0. The van der Waals surface area contributed by atoms with Crippen molar-refractivity contribution in [1.82, 2.24) is 10.6 Å². The molecular weight excluding hydrogens is 793 g/mol. The van der Waals surface area contributed by atoms with Gasteiger partial charge in [0.05, 0.1) is 10.8 Å². The largest absolute Gasteiger partial charge is 0.396 e. The summed E-state index contributed by atoms with van der Waals surface area (Å²) in [7, 11) is 0. The highest BCUT2D eigenvalue weighted by atomic mass is 16.3. The zero-order valence-electron chi connectivity index (χ0n) is 37.0. The average molecular weight is 849 g/mol. The van der Waals surface area contributed by atoms with Crippen LogP contribution in [-0.4, -0.2) is 40.8 Å². The molecule has 0 amide bonds. The van der Waals surface area contributed by atoms with Crippen LogP contribution in [0.15, 0.2) is 181 Å². The molecule has 2 heterocycles. The molecule has 4 aliphatic rings. The van der Waals surface area contributed by atoms with Crippen LogP contribution >= 0.6 is 0 Å². The van der Waals surface area contributed by atoms with Crippen molar-refractivity contribution >= 4 is 28.5 Å². The molecule has 4 aromatic carbocycles. The van der Waals surface area contributed by atoms with Crippen LogP contribution in [0.3, 0.4) is 0 Å². The highest BCUT2D eigenvalue weighted by Crippen LogP contribution is 2.58. The number of carbonyl (C=O) groups is 3. The van der Waals surface area contributed by atoms with E-state index in [0.29, 0.717) is 46.3 Å². The fraction of sp³-hybridized carbons (Fsp3) is 0.246. The minimum Gasteiger partial charge on any atom is -0.396 e. The van der Waals surface area contributed by atoms with Crippen LogP contribution in [0, 0.1) is 50.4 Å². The zero-order valence-corrected chi connectivity index (χ0v) is 37.0. The Morgan fingerprint density at radius 2 is 0.969 bits per heavy atom. The number of rotatable bonds is 14. The van der Waals surface area contributed by atoms with Crippen molar-refractivity contribution in [2.75, 3.05) is 13.2 Å². The smallest absolute Gasteiger partial charge is 0.193 e. The van der Waals surface area contributed by atoms with E-state index in [4.69, 9.17) is 0 Å². The predicted octanol–water partition coefficient (Wildman–Crippen LogP) is 10.4. The second-order valence-corrected chi connectivity index (χ2v) is 17.5. The van der Waals surface area contributed by atoms with Crippen molar-refractivity contribution in [2.45, 2.75) is 53.4 Å². The van der Waals surface area contributed by atoms with E-state index in [1.807, 2.05) is 136 Å². The second kappa shape index (κ2) is 18.6. The summed E-state index contributed by atoms with van der Waals surface area (Å²) in [6, 6.07) is 30.3. The van der Waals surface area contributed by atoms with Gasteiger partial charge < -0.3 is 20.8 Å². The molecule has 64 heavy (non-hydrogen) atoms. The Hall–Kier alpha value is -6.67. The van der Waals surface area contributed by atoms with Gasteiger partial charge in [0, 0.05) is 59.7 Å². The molecule has 8 rings (SSSR count). The van der Waals surface area contributed by atoms with E-state index in [1.54, 1.807) is 24.3 Å². The fourth-order valence-electron chi connectivity index (χ4n) is 10.2. The lowest BCUT2D eigenvalue weighted by molar-refractivity contribution is -0.139. The molecule has 324 valence electrons. The molecule has 0 fully saturated rings. The quantitative estimate of drug-likeness (QED) is 0.0934. The summed E-state index contributed by atoms with van der Waals surface area (Å²) in [6.07, 6.45) is 20.4. The fourth-order valence-corrected chi connectivity index (χ4v) is 10.2. The van der Waals surface area contributed by atoms with Gasteiger partial charge in [-0.1, -0.05) is 134 Å². The van der Waals surface area contributed by atoms with Crippen molar-refractivity contribution in [3.63, 3.8) is 0 Å². The normalized spacial score (nSPS) is 22.7. The van der Waals surface area contributed by atoms with Gasteiger partial charge in [-0.2, -0.15) is 0 Å². The number of allylic oxidation sites excluding steroid dienone is 12. The van der Waals surface area contributed by atoms with Crippen LogP contribution in [0.4, 0.5) is 0 Å². The van der Waals surface area contributed by atoms with Gasteiger partial charge in [-0.3, -0.25) is 14.4 Å². The monoisotopic (exact) mass is 848 g/mol. The number of aryl methyl sites for hydroxylation is 2. The maximum Gasteiger partial charge on any atom is 0.193 e. The molecule has 0 bridgehead atoms. The number of ketones is 3. The van der Waals surface area contributed by atoms with Crippen molar-refractivity contribution in [1.29, 1.82) is 0 Å². The summed E-state index contributed by atoms with van der Waals surface area (Å²) in [5.74, 6) is -2.07. The number of Topliss-reactive ketones (excluding diaryl/α,β-unsaturated/α-hetero) is 3. The Balaban J connectivity index is 1.46. The first-order valence-electron chi connectivity index (χ1n) is 22.2. The minimum absolute atomic E-state index is 0.0276. The number of dihydropyridines is 2. The molecule has 7 nitrogen and oxygen atoms in total. The molecule has 0 spiro atoms. The van der Waals surface area contributed by atoms with Crippen molar-refractivity contribution in [3.05, 3.63) is 225 Å². The van der Waals surface area contributed by atoms with E-state index < -0.39 is 22.7 Å². The Kier molecular flexibility index (Phi) is 12.8. The summed E-state index contributed by atoms with van der Waals surface area (Å²) in [6.45, 7) is 7.46. The van der Waals surface area contributed by atoms with E-state index in [9.17, 15) is 10.2 Å². The molecule has 2 aliphatic heterocycles. The number of nitrogens with one attached hydrogen (secondary N) is 2. The summed E-state index contributed by atoms with van der Waals surface area (Å²) in [5, 5.41) is 29.2. The molecule has 7 heteroatoms. The van der Waals surface area contributed by atoms with E-state index in [2.05, 4.69) is 36.6 Å². The number of hydrogen-bond acceptors (Lipinski definition) is 7. The van der Waals surface area contributed by atoms with Crippen molar-refractivity contribution in [2.24, 2.45) is 22.7 Å². The number of aliphatic hydroxyl groups is 2. The molecule has 2 aliphatic carbocycles. The standard InChI is InChI=1S/C57H56N2O5/c1-37-15-11-23-45(39(37)3)47-31-51(43-21-13-27-58-35-43)56(25-29-60,33-49(47)53(62)41-17-7-5-8-18-41)55(64)57(26-30-61)34-50(54(63)42-19-9-6-10-20-42)48(46-24-12-16-38(2)40(46)4)32-52(57)44-22-14-28-59-36-44/h5-20,23-24,27-28,31-36,51-52,58-61H,21-22,25-26,29-30H2,1-4H3. The molecular formula is C57H56N2O5. The average Bonchev–Trinajstić information content (AvgIpc) is 3.33. The lowest BCUT2D eigenvalue weighted by Crippen LogP contribution is -2.53. The molecule has 0 aromatic heterocycles. The van der Waals surface area contributed by atoms with Crippen LogP contribution in [-0.2, 0) is 4.79 Å². The third-order valence-corrected chi connectivity index (χ3v) is 13.9. The first-order chi connectivity index (χ1) is 31.0. The molecule has 0 saturated carbocycles. The van der Waals surface area contributed by atoms with Crippen molar-refractivity contribution < 1.29 is 24.6 Å². The Morgan fingerprint density at radius 1 is 0.562 bits per heavy atom. The maximum absolute atomic E-state index is 17.1. The molecule has 0 saturated heterocycles. The van der Waals surface area contributed by atoms with Crippen LogP contribution in [0.1, 0.15) is 79.8 Å². The maximum atomic E-state index is 17.1. The number of carbonyl (C=O) groups excluding carboxylic acids is 3. The molecule has 4 N–H and O–H groups in total. The van der Waals surface area contributed by atoms with Gasteiger partial charge in [-0.05, 0) is 121 Å². The van der Waals surface area contributed by atoms with Crippen LogP contribution in [0.25, 0.3) is 11.1 Å². The van der Waals surface area contributed by atoms with Gasteiger partial charge >= 0.3 is 0 Å². The Morgan fingerprint density at radius 3 is 1.33 bits per heavy atom. The van der Waals surface area contributed by atoms with Gasteiger partial charge in [-0.25, -0.2) is 0 Å². The van der Waals surface area contributed by atoms with Gasteiger partial charge in [0.2, 0.25) is 0 Å². The predicted molar refractivity (Wildman–Crippen MR) is 256 cm³/mol. The van der Waals surface area contributed by atoms with Gasteiger partial charge in [0.1, 0.15) is 0 Å². The summed E-state index contributed by atoms with van der Waals surface area (Å²) in [5.41, 5.74) is 7.74. The Bertz CT molecular complexity index is 2560. The van der Waals surface area contributed by atoms with Gasteiger partial charge in [0.15, 0.2) is 17.3 Å². The number of aliphatic hydroxyl groups excluding tert-OH is 2. The van der Waals surface area contributed by atoms with Crippen LogP contribution < -0.4 is 10.6 Å². The molecule has 4 aromatic rings. The topological polar surface area (TPSA) is 116 Å². The zero-order chi connectivity index (χ0) is 45.0. The van der Waals surface area contributed by atoms with Gasteiger partial charge in [0.25, 0.3) is 0 Å². The van der Waals surface area contributed by atoms with Crippen LogP contribution in [0.2, 0.25) is 0 Å². The number of benzene rings is 4. The summed E-state index contributed by atoms with van der Waals surface area (Å²) in [4.78, 5) is 47.4. The van der Waals surface area contributed by atoms with E-state index in [-0.39, 0.29) is 43.4 Å². The highest BCUT2D eigenvalue weighted by Gasteiger charge is 2.58. The molecule has 4 unspecified atom stereocenters. The molecule has 4 atom stereocenters. The minimum atomic E-state index is -1.54. The van der Waals surface area contributed by atoms with Crippen molar-refractivity contribution in [3.8, 4) is 0 Å². The SMILES string of the molecule is Cc1cccc(C2=CC(C3=CNC=CC3)C(CCO)(C(=O)C3(CCO)C=C(C(=O)c4ccccc4)C(c4cccc(C)c4C)=CC3C3=CNC=CC3)C=C2C(=O)c2ccccc2)c1C. The summed E-state index contributed by atoms with van der Waals surface area (Å²) >= 11 is 0. The third-order valence-electron chi connectivity index (χ3n) is 13.9. The van der Waals surface area contributed by atoms with Crippen LogP contribution in [0.5, 0.6) is 0 Å². The lowest BCUT2D eigenvalue weighted by Gasteiger charge is -2.50. The third kappa shape index (κ3) is 7.95. The van der Waals surface area contributed by atoms with E-state index in [1.165, 1.54) is 0 Å². The lowest BCUT2D eigenvalue weighted by atomic mass is 9.51. The second-order valence-electron chi connectivity index (χ2n) is 17.5. The Labute approximate surface area is 376 Å².